The van der Waals surface area contributed by atoms with Gasteiger partial charge in [-0.2, -0.15) is 0 Å². The Bertz CT molecular complexity index is 237. The fourth-order valence-electron chi connectivity index (χ4n) is 0.548. The summed E-state index contributed by atoms with van der Waals surface area (Å²) in [5.41, 5.74) is 0.778. The van der Waals surface area contributed by atoms with Crippen LogP contribution in [0.3, 0.4) is 0 Å². The molecule has 1 rings (SSSR count). The summed E-state index contributed by atoms with van der Waals surface area (Å²) in [5.74, 6) is 0.201. The van der Waals surface area contributed by atoms with E-state index in [9.17, 15) is 5.11 Å². The Morgan fingerprint density at radius 2 is 2.00 bits per heavy atom. The maximum Gasteiger partial charge on any atom is 0.147 e. The topological polar surface area (TPSA) is 33.1 Å². The molecule has 0 aromatic carbocycles. The summed E-state index contributed by atoms with van der Waals surface area (Å²) >= 11 is 6.33. The van der Waals surface area contributed by atoms with Crippen LogP contribution in [-0.2, 0) is 0 Å². The molecule has 0 aliphatic rings. The van der Waals surface area contributed by atoms with Crippen molar-refractivity contribution in [2.45, 2.75) is 6.92 Å². The lowest BCUT2D eigenvalue weighted by atomic mass is 10.4. The molecule has 0 unspecified atom stereocenters. The molecule has 0 amide bonds. The summed E-state index contributed by atoms with van der Waals surface area (Å²) in [7, 11) is 0. The smallest absolute Gasteiger partial charge is 0.147 e. The molecule has 0 radical (unpaired) electrons. The molecule has 1 aromatic heterocycles. The molecule has 0 saturated carbocycles. The third kappa shape index (κ3) is 2.42. The number of hydrogen-bond donors (Lipinski definition) is 1. The van der Waals surface area contributed by atoms with E-state index in [1.165, 1.54) is 0 Å². The van der Waals surface area contributed by atoms with E-state index in [2.05, 4.69) is 36.8 Å². The Labute approximate surface area is 92.1 Å². The Morgan fingerprint density at radius 3 is 2.45 bits per heavy atom. The van der Waals surface area contributed by atoms with Gasteiger partial charge in [-0.25, -0.2) is 0 Å². The van der Waals surface area contributed by atoms with Gasteiger partial charge in [0, 0.05) is 6.20 Å². The quantitative estimate of drug-likeness (QED) is 0.782. The van der Waals surface area contributed by atoms with Crippen molar-refractivity contribution in [3.63, 3.8) is 0 Å². The van der Waals surface area contributed by atoms with Gasteiger partial charge in [-0.05, 0) is 38.8 Å². The number of aromatic nitrogens is 1. The lowest BCUT2D eigenvalue weighted by Gasteiger charge is -2.00. The van der Waals surface area contributed by atoms with Gasteiger partial charge in [-0.15, -0.1) is 17.0 Å². The van der Waals surface area contributed by atoms with Gasteiger partial charge in [-0.1, -0.05) is 0 Å². The average molecular weight is 348 g/mol. The van der Waals surface area contributed by atoms with Crippen molar-refractivity contribution in [3.8, 4) is 5.75 Å². The van der Waals surface area contributed by atoms with Crippen molar-refractivity contribution >= 4 is 48.8 Å². The van der Waals surface area contributed by atoms with E-state index in [0.29, 0.717) is 8.95 Å². The van der Waals surface area contributed by atoms with Crippen molar-refractivity contribution in [1.29, 1.82) is 0 Å². The number of halogens is 3. The molecule has 0 aliphatic heterocycles. The summed E-state index contributed by atoms with van der Waals surface area (Å²) < 4.78 is 1.24. The number of pyridine rings is 1. The highest BCUT2D eigenvalue weighted by Gasteiger charge is 2.05. The highest BCUT2D eigenvalue weighted by Crippen LogP contribution is 2.32. The molecule has 11 heavy (non-hydrogen) atoms. The first-order valence-corrected chi connectivity index (χ1v) is 4.21. The molecule has 62 valence electrons. The number of hydrogen-bond acceptors (Lipinski definition) is 2. The van der Waals surface area contributed by atoms with E-state index >= 15 is 0 Å². The Balaban J connectivity index is 0.000001000. The van der Waals surface area contributed by atoms with Gasteiger partial charge in [0.05, 0.1) is 14.6 Å². The normalized spacial score (nSPS) is 9.00. The van der Waals surface area contributed by atoms with Crippen molar-refractivity contribution in [1.82, 2.24) is 4.98 Å². The second-order valence-electron chi connectivity index (χ2n) is 1.85. The van der Waals surface area contributed by atoms with Crippen LogP contribution in [0.5, 0.6) is 5.75 Å². The summed E-state index contributed by atoms with van der Waals surface area (Å²) in [5, 5.41) is 9.25. The first kappa shape index (κ1) is 11.4. The molecule has 5 heteroatoms. The number of rotatable bonds is 0. The molecular weight excluding hydrogens is 342 g/mol. The Morgan fingerprint density at radius 1 is 1.45 bits per heavy atom. The van der Waals surface area contributed by atoms with E-state index in [4.69, 9.17) is 0 Å². The first-order chi connectivity index (χ1) is 4.63. The zero-order valence-corrected chi connectivity index (χ0v) is 10.5. The number of nitrogens with zero attached hydrogens (tertiary/aromatic N) is 1. The second-order valence-corrected chi connectivity index (χ2v) is 3.50. The molecule has 0 bridgehead atoms. The van der Waals surface area contributed by atoms with Gasteiger partial charge >= 0.3 is 0 Å². The third-order valence-corrected chi connectivity index (χ3v) is 2.65. The van der Waals surface area contributed by atoms with E-state index in [1.54, 1.807) is 6.20 Å². The number of aromatic hydroxyl groups is 1. The molecule has 0 atom stereocenters. The van der Waals surface area contributed by atoms with Crippen LogP contribution in [0.15, 0.2) is 15.1 Å². The first-order valence-electron chi connectivity index (χ1n) is 2.62. The van der Waals surface area contributed by atoms with E-state index in [-0.39, 0.29) is 22.7 Å². The third-order valence-electron chi connectivity index (χ3n) is 1.12. The molecule has 1 N–H and O–H groups in total. The Hall–Kier alpha value is 0.390. The zero-order valence-electron chi connectivity index (χ0n) is 5.64. The summed E-state index contributed by atoms with van der Waals surface area (Å²) in [4.78, 5) is 3.99. The molecular formula is C6H6Br3NO. The summed E-state index contributed by atoms with van der Waals surface area (Å²) in [6.07, 6.45) is 1.56. The van der Waals surface area contributed by atoms with Gasteiger partial charge in [0.25, 0.3) is 0 Å². The van der Waals surface area contributed by atoms with Gasteiger partial charge in [0.15, 0.2) is 0 Å². The molecule has 0 aliphatic carbocycles. The monoisotopic (exact) mass is 345 g/mol. The fourth-order valence-corrected chi connectivity index (χ4v) is 1.43. The van der Waals surface area contributed by atoms with E-state index in [1.807, 2.05) is 6.92 Å². The van der Waals surface area contributed by atoms with Crippen molar-refractivity contribution in [2.24, 2.45) is 0 Å². The maximum atomic E-state index is 9.25. The van der Waals surface area contributed by atoms with Crippen LogP contribution in [0.4, 0.5) is 0 Å². The van der Waals surface area contributed by atoms with Gasteiger partial charge in [0.2, 0.25) is 0 Å². The second kappa shape index (κ2) is 4.42. The van der Waals surface area contributed by atoms with Crippen molar-refractivity contribution < 1.29 is 5.11 Å². The lowest BCUT2D eigenvalue weighted by Crippen LogP contribution is -1.82. The molecule has 0 fully saturated rings. The maximum absolute atomic E-state index is 9.25. The largest absolute Gasteiger partial charge is 0.505 e. The van der Waals surface area contributed by atoms with Crippen LogP contribution in [0.2, 0.25) is 0 Å². The molecule has 2 nitrogen and oxygen atoms in total. The van der Waals surface area contributed by atoms with Crippen LogP contribution in [0, 0.1) is 6.92 Å². The van der Waals surface area contributed by atoms with E-state index < -0.39 is 0 Å². The minimum atomic E-state index is 0. The van der Waals surface area contributed by atoms with Gasteiger partial charge in [0.1, 0.15) is 5.75 Å². The summed E-state index contributed by atoms with van der Waals surface area (Å²) in [6.45, 7) is 1.82. The summed E-state index contributed by atoms with van der Waals surface area (Å²) in [6, 6.07) is 0. The number of aryl methyl sites for hydroxylation is 1. The van der Waals surface area contributed by atoms with Gasteiger partial charge < -0.3 is 5.11 Å². The van der Waals surface area contributed by atoms with Crippen LogP contribution in [0.25, 0.3) is 0 Å². The standard InChI is InChI=1S/C6H5Br2NO.BrH/c1-3-5(8)6(10)4(7)2-9-3;/h2H,1H3,(H,9,10);1H. The molecule has 1 aromatic rings. The minimum Gasteiger partial charge on any atom is -0.505 e. The fraction of sp³-hybridized carbons (Fsp3) is 0.167. The van der Waals surface area contributed by atoms with Crippen molar-refractivity contribution in [2.75, 3.05) is 0 Å². The predicted octanol–water partition coefficient (Wildman–Crippen LogP) is 3.20. The van der Waals surface area contributed by atoms with Crippen molar-refractivity contribution in [3.05, 3.63) is 20.8 Å². The highest BCUT2D eigenvalue weighted by molar-refractivity contribution is 9.11. The molecule has 1 heterocycles. The van der Waals surface area contributed by atoms with E-state index in [0.717, 1.165) is 5.69 Å². The van der Waals surface area contributed by atoms with Crippen LogP contribution >= 0.6 is 48.8 Å². The lowest BCUT2D eigenvalue weighted by molar-refractivity contribution is 0.466. The predicted molar refractivity (Wildman–Crippen MR) is 56.4 cm³/mol. The molecule has 0 saturated heterocycles. The van der Waals surface area contributed by atoms with Crippen LogP contribution in [0.1, 0.15) is 5.69 Å². The Kier molecular flexibility index (Phi) is 4.58. The minimum absolute atomic E-state index is 0. The highest BCUT2D eigenvalue weighted by atomic mass is 79.9. The zero-order chi connectivity index (χ0) is 7.72. The van der Waals surface area contributed by atoms with Gasteiger partial charge in [-0.3, -0.25) is 4.98 Å². The SMILES string of the molecule is Br.Cc1ncc(Br)c(O)c1Br. The molecule has 0 spiro atoms. The van der Waals surface area contributed by atoms with Crippen LogP contribution < -0.4 is 0 Å². The van der Waals surface area contributed by atoms with Crippen LogP contribution in [-0.4, -0.2) is 10.1 Å². The average Bonchev–Trinajstić information content (AvgIpc) is 1.93.